The van der Waals surface area contributed by atoms with Gasteiger partial charge in [-0.1, -0.05) is 6.07 Å². The van der Waals surface area contributed by atoms with Crippen molar-refractivity contribution >= 4 is 0 Å². The van der Waals surface area contributed by atoms with Crippen LogP contribution in [0.1, 0.15) is 17.2 Å². The molecule has 1 saturated heterocycles. The molecule has 2 aromatic carbocycles. The van der Waals surface area contributed by atoms with Gasteiger partial charge in [0.2, 0.25) is 6.29 Å². The number of aromatic hydroxyl groups is 3. The van der Waals surface area contributed by atoms with Crippen LogP contribution < -0.4 is 9.47 Å². The summed E-state index contributed by atoms with van der Waals surface area (Å²) in [5.41, 5.74) is -1.10. The van der Waals surface area contributed by atoms with E-state index >= 15 is 0 Å². The first kappa shape index (κ1) is 20.5. The van der Waals surface area contributed by atoms with Gasteiger partial charge in [0.05, 0.1) is 19.3 Å². The molecular weight excluding hydrogens is 400 g/mol. The summed E-state index contributed by atoms with van der Waals surface area (Å²) in [5.74, 6) is -0.606. The number of hydrogen-bond donors (Lipinski definition) is 7. The lowest BCUT2D eigenvalue weighted by molar-refractivity contribution is -0.115. The van der Waals surface area contributed by atoms with Gasteiger partial charge in [0.15, 0.2) is 11.5 Å². The molecule has 4 rings (SSSR count). The van der Waals surface area contributed by atoms with Crippen molar-refractivity contribution in [2.24, 2.45) is 0 Å². The van der Waals surface area contributed by atoms with E-state index in [1.54, 1.807) is 0 Å². The number of rotatable bonds is 4. The molecule has 0 spiro atoms. The summed E-state index contributed by atoms with van der Waals surface area (Å²) in [5, 5.41) is 69.4. The highest BCUT2D eigenvalue weighted by molar-refractivity contribution is 5.52. The van der Waals surface area contributed by atoms with Crippen LogP contribution in [0.5, 0.6) is 28.7 Å². The quantitative estimate of drug-likeness (QED) is 0.324. The van der Waals surface area contributed by atoms with Gasteiger partial charge in [0.1, 0.15) is 35.1 Å². The Labute approximate surface area is 170 Å². The fourth-order valence-corrected chi connectivity index (χ4v) is 3.55. The lowest BCUT2D eigenvalue weighted by atomic mass is 9.94. The van der Waals surface area contributed by atoms with Crippen molar-refractivity contribution in [1.82, 2.24) is 0 Å². The molecule has 0 bridgehead atoms. The standard InChI is InChI=1S/C20H22O10/c21-7-20(27)8-28-19(18(20)26)29-10-4-13(23)11-6-15(25)17(30-16(11)5-10)9-1-2-12(22)14(24)3-9/h1-5,15,17-19,21-27H,6-8H2/t15-,17?,18+,19-,20?/m0/s1. The minimum atomic E-state index is -1.85. The van der Waals surface area contributed by atoms with Gasteiger partial charge in [0, 0.05) is 24.1 Å². The van der Waals surface area contributed by atoms with Crippen LogP contribution >= 0.6 is 0 Å². The molecule has 0 aromatic heterocycles. The number of phenolic OH excluding ortho intramolecular Hbond substituents is 3. The molecule has 162 valence electrons. The lowest BCUT2D eigenvalue weighted by Gasteiger charge is -2.32. The Balaban J connectivity index is 1.59. The maximum atomic E-state index is 10.5. The third-order valence-electron chi connectivity index (χ3n) is 5.34. The van der Waals surface area contributed by atoms with E-state index in [0.29, 0.717) is 11.1 Å². The molecule has 30 heavy (non-hydrogen) atoms. The maximum absolute atomic E-state index is 10.5. The number of fused-ring (bicyclic) bond motifs is 1. The number of benzene rings is 2. The second kappa shape index (κ2) is 7.49. The molecule has 10 heteroatoms. The third kappa shape index (κ3) is 3.48. The van der Waals surface area contributed by atoms with Crippen LogP contribution in [-0.2, 0) is 11.2 Å². The number of aliphatic hydroxyl groups is 4. The van der Waals surface area contributed by atoms with Gasteiger partial charge < -0.3 is 50.0 Å². The van der Waals surface area contributed by atoms with Gasteiger partial charge in [-0.15, -0.1) is 0 Å². The van der Waals surface area contributed by atoms with Gasteiger partial charge in [0.25, 0.3) is 0 Å². The van der Waals surface area contributed by atoms with Crippen molar-refractivity contribution in [3.8, 4) is 28.7 Å². The normalized spacial score (nSPS) is 30.5. The van der Waals surface area contributed by atoms with E-state index in [0.717, 1.165) is 0 Å². The van der Waals surface area contributed by atoms with Gasteiger partial charge in [-0.2, -0.15) is 0 Å². The van der Waals surface area contributed by atoms with E-state index in [-0.39, 0.29) is 41.8 Å². The first-order valence-corrected chi connectivity index (χ1v) is 9.24. The van der Waals surface area contributed by atoms with Crippen molar-refractivity contribution < 1.29 is 50.0 Å². The minimum Gasteiger partial charge on any atom is -0.507 e. The second-order valence-electron chi connectivity index (χ2n) is 7.48. The molecule has 0 radical (unpaired) electrons. The highest BCUT2D eigenvalue weighted by atomic mass is 16.7. The largest absolute Gasteiger partial charge is 0.507 e. The van der Waals surface area contributed by atoms with Crippen molar-refractivity contribution in [1.29, 1.82) is 0 Å². The number of hydrogen-bond acceptors (Lipinski definition) is 10. The highest BCUT2D eigenvalue weighted by Crippen LogP contribution is 2.43. The van der Waals surface area contributed by atoms with Crippen LogP contribution in [0.15, 0.2) is 30.3 Å². The summed E-state index contributed by atoms with van der Waals surface area (Å²) in [6.07, 6.45) is -4.65. The summed E-state index contributed by atoms with van der Waals surface area (Å²) in [7, 11) is 0. The van der Waals surface area contributed by atoms with E-state index in [2.05, 4.69) is 0 Å². The molecule has 5 atom stereocenters. The summed E-state index contributed by atoms with van der Waals surface area (Å²) in [4.78, 5) is 0. The molecule has 2 aromatic rings. The van der Waals surface area contributed by atoms with Gasteiger partial charge in [-0.25, -0.2) is 0 Å². The second-order valence-corrected chi connectivity index (χ2v) is 7.48. The first-order chi connectivity index (χ1) is 14.2. The summed E-state index contributed by atoms with van der Waals surface area (Å²) < 4.78 is 16.5. The molecular formula is C20H22O10. The van der Waals surface area contributed by atoms with Crippen molar-refractivity contribution in [2.75, 3.05) is 13.2 Å². The molecule has 10 nitrogen and oxygen atoms in total. The topological polar surface area (TPSA) is 169 Å². The number of ether oxygens (including phenoxy) is 3. The van der Waals surface area contributed by atoms with Crippen LogP contribution in [0.25, 0.3) is 0 Å². The van der Waals surface area contributed by atoms with E-state index < -0.39 is 36.8 Å². The average molecular weight is 422 g/mol. The molecule has 2 aliphatic rings. The molecule has 0 saturated carbocycles. The van der Waals surface area contributed by atoms with Crippen LogP contribution in [0, 0.1) is 0 Å². The fourth-order valence-electron chi connectivity index (χ4n) is 3.55. The zero-order valence-electron chi connectivity index (χ0n) is 15.7. The first-order valence-electron chi connectivity index (χ1n) is 9.24. The van der Waals surface area contributed by atoms with E-state index in [4.69, 9.17) is 14.2 Å². The van der Waals surface area contributed by atoms with Gasteiger partial charge >= 0.3 is 0 Å². The molecule has 0 amide bonds. The summed E-state index contributed by atoms with van der Waals surface area (Å²) in [6, 6.07) is 6.72. The number of phenols is 3. The maximum Gasteiger partial charge on any atom is 0.229 e. The smallest absolute Gasteiger partial charge is 0.229 e. The van der Waals surface area contributed by atoms with Crippen molar-refractivity contribution in [3.05, 3.63) is 41.5 Å². The van der Waals surface area contributed by atoms with Crippen LogP contribution in [-0.4, -0.2) is 73.1 Å². The monoisotopic (exact) mass is 422 g/mol. The zero-order chi connectivity index (χ0) is 21.6. The Bertz CT molecular complexity index is 947. The molecule has 2 unspecified atom stereocenters. The highest BCUT2D eigenvalue weighted by Gasteiger charge is 2.49. The molecule has 2 heterocycles. The Hall–Kier alpha value is -2.76. The van der Waals surface area contributed by atoms with Crippen LogP contribution in [0.3, 0.4) is 0 Å². The summed E-state index contributed by atoms with van der Waals surface area (Å²) in [6.45, 7) is -1.05. The Morgan fingerprint density at radius 3 is 2.47 bits per heavy atom. The van der Waals surface area contributed by atoms with Crippen molar-refractivity contribution in [3.63, 3.8) is 0 Å². The molecule has 0 aliphatic carbocycles. The third-order valence-corrected chi connectivity index (χ3v) is 5.34. The molecule has 7 N–H and O–H groups in total. The van der Waals surface area contributed by atoms with Crippen LogP contribution in [0.2, 0.25) is 0 Å². The fraction of sp³-hybridized carbons (Fsp3) is 0.400. The SMILES string of the molecule is OCC1(O)CO[C@@H](Oc2cc(O)c3c(c2)OC(c2ccc(O)c(O)c2)[C@@H](O)C3)[C@H]1O. The van der Waals surface area contributed by atoms with Crippen molar-refractivity contribution in [2.45, 2.75) is 36.6 Å². The minimum absolute atomic E-state index is 0.0561. The summed E-state index contributed by atoms with van der Waals surface area (Å²) >= 11 is 0. The Kier molecular flexibility index (Phi) is 5.12. The van der Waals surface area contributed by atoms with E-state index in [1.807, 2.05) is 0 Å². The zero-order valence-corrected chi connectivity index (χ0v) is 15.7. The van der Waals surface area contributed by atoms with Gasteiger partial charge in [-0.05, 0) is 17.7 Å². The van der Waals surface area contributed by atoms with E-state index in [9.17, 15) is 35.7 Å². The Morgan fingerprint density at radius 1 is 1.03 bits per heavy atom. The predicted molar refractivity (Wildman–Crippen MR) is 99.4 cm³/mol. The predicted octanol–water partition coefficient (Wildman–Crippen LogP) is -0.340. The van der Waals surface area contributed by atoms with Gasteiger partial charge in [-0.3, -0.25) is 0 Å². The lowest BCUT2D eigenvalue weighted by Crippen LogP contribution is -2.48. The molecule has 1 fully saturated rings. The number of aliphatic hydroxyl groups excluding tert-OH is 3. The van der Waals surface area contributed by atoms with Crippen LogP contribution in [0.4, 0.5) is 0 Å². The molecule has 2 aliphatic heterocycles. The average Bonchev–Trinajstić information content (AvgIpc) is 2.99. The van der Waals surface area contributed by atoms with E-state index in [1.165, 1.54) is 30.3 Å². The Morgan fingerprint density at radius 2 is 1.80 bits per heavy atom.